The summed E-state index contributed by atoms with van der Waals surface area (Å²) in [5.41, 5.74) is 3.28. The van der Waals surface area contributed by atoms with Gasteiger partial charge in [0, 0.05) is 44.1 Å². The van der Waals surface area contributed by atoms with Crippen LogP contribution in [0.3, 0.4) is 0 Å². The second-order valence-corrected chi connectivity index (χ2v) is 8.70. The normalized spacial score (nSPS) is 30.8. The van der Waals surface area contributed by atoms with Crippen molar-refractivity contribution in [3.8, 4) is 0 Å². The van der Waals surface area contributed by atoms with E-state index in [0.717, 1.165) is 38.5 Å². The van der Waals surface area contributed by atoms with Gasteiger partial charge in [0.25, 0.3) is 0 Å². The highest BCUT2D eigenvalue weighted by Crippen LogP contribution is 2.62. The summed E-state index contributed by atoms with van der Waals surface area (Å²) < 4.78 is 6.07. The van der Waals surface area contributed by atoms with E-state index in [-0.39, 0.29) is 24.0 Å². The number of guanidine groups is 1. The van der Waals surface area contributed by atoms with Crippen LogP contribution in [-0.2, 0) is 4.74 Å². The largest absolute Gasteiger partial charge is 0.377 e. The zero-order valence-corrected chi connectivity index (χ0v) is 19.1. The third-order valence-corrected chi connectivity index (χ3v) is 7.41. The molecule has 1 aromatic rings. The molecule has 0 radical (unpaired) electrons. The molecule has 5 heteroatoms. The van der Waals surface area contributed by atoms with Crippen LogP contribution in [0.2, 0.25) is 0 Å². The topological polar surface area (TPSA) is 36.9 Å². The highest BCUT2D eigenvalue weighted by Gasteiger charge is 2.66. The number of hydrogen-bond acceptors (Lipinski definition) is 2. The number of aliphatic imine (C=N–C) groups is 1. The van der Waals surface area contributed by atoms with Crippen molar-refractivity contribution in [1.29, 1.82) is 0 Å². The first kappa shape index (κ1) is 20.2. The molecular formula is C23H32IN3O. The molecule has 28 heavy (non-hydrogen) atoms. The van der Waals surface area contributed by atoms with Gasteiger partial charge in [-0.1, -0.05) is 48.4 Å². The van der Waals surface area contributed by atoms with E-state index in [9.17, 15) is 0 Å². The average Bonchev–Trinajstić information content (AvgIpc) is 3.08. The molecule has 2 heterocycles. The first-order chi connectivity index (χ1) is 13.3. The lowest BCUT2D eigenvalue weighted by Crippen LogP contribution is -2.72. The molecule has 2 aliphatic carbocycles. The number of benzene rings is 1. The summed E-state index contributed by atoms with van der Waals surface area (Å²) in [6, 6.07) is 11.3. The van der Waals surface area contributed by atoms with Crippen LogP contribution in [0.5, 0.6) is 0 Å². The molecule has 2 saturated carbocycles. The zero-order chi connectivity index (χ0) is 18.3. The van der Waals surface area contributed by atoms with Gasteiger partial charge in [-0.25, -0.2) is 0 Å². The number of piperidine rings is 1. The van der Waals surface area contributed by atoms with Crippen LogP contribution < -0.4 is 5.32 Å². The Balaban J connectivity index is 0.00000192. The number of likely N-dealkylation sites (tertiary alicyclic amines) is 1. The standard InChI is InChI=1S/C23H31N3O.HI/c1-24-22(25-20-19-10-15-27-21(19)23(20)11-5-12-23)26-13-8-18(9-14-26)16-17-6-3-2-4-7-17;/h2-4,6-7,16,19-21H,5,8-15H2,1H3,(H,24,25);1H. The summed E-state index contributed by atoms with van der Waals surface area (Å²) in [6.07, 6.45) is 10.4. The first-order valence-corrected chi connectivity index (χ1v) is 10.6. The lowest BCUT2D eigenvalue weighted by atomic mass is 9.46. The quantitative estimate of drug-likeness (QED) is 0.379. The number of hydrogen-bond donors (Lipinski definition) is 1. The van der Waals surface area contributed by atoms with Crippen molar-refractivity contribution < 1.29 is 4.74 Å². The molecule has 1 N–H and O–H groups in total. The fraction of sp³-hybridized carbons (Fsp3) is 0.609. The van der Waals surface area contributed by atoms with Crippen LogP contribution in [0.1, 0.15) is 44.1 Å². The minimum absolute atomic E-state index is 0. The summed E-state index contributed by atoms with van der Waals surface area (Å²) in [4.78, 5) is 7.11. The Kier molecular flexibility index (Phi) is 6.02. The Hall–Kier alpha value is -1.08. The SMILES string of the molecule is CN=C(NC1C2CCOC2C12CCC2)N1CCC(=Cc2ccccc2)CC1.I. The molecule has 2 saturated heterocycles. The lowest BCUT2D eigenvalue weighted by molar-refractivity contribution is -0.171. The molecule has 5 rings (SSSR count). The van der Waals surface area contributed by atoms with Crippen molar-refractivity contribution in [2.24, 2.45) is 16.3 Å². The zero-order valence-electron chi connectivity index (χ0n) is 16.8. The molecule has 3 unspecified atom stereocenters. The van der Waals surface area contributed by atoms with Crippen LogP contribution in [-0.4, -0.2) is 49.7 Å². The van der Waals surface area contributed by atoms with E-state index in [4.69, 9.17) is 4.74 Å². The van der Waals surface area contributed by atoms with Crippen molar-refractivity contribution in [3.63, 3.8) is 0 Å². The molecule has 4 fully saturated rings. The van der Waals surface area contributed by atoms with Gasteiger partial charge in [0.05, 0.1) is 6.10 Å². The van der Waals surface area contributed by atoms with Gasteiger partial charge in [-0.2, -0.15) is 0 Å². The van der Waals surface area contributed by atoms with Gasteiger partial charge in [-0.3, -0.25) is 4.99 Å². The Morgan fingerprint density at radius 2 is 1.96 bits per heavy atom. The molecule has 152 valence electrons. The maximum absolute atomic E-state index is 6.07. The Bertz CT molecular complexity index is 733. The van der Waals surface area contributed by atoms with Gasteiger partial charge in [-0.15, -0.1) is 24.0 Å². The van der Waals surface area contributed by atoms with E-state index in [2.05, 4.69) is 51.6 Å². The summed E-state index contributed by atoms with van der Waals surface area (Å²) >= 11 is 0. The van der Waals surface area contributed by atoms with Crippen LogP contribution in [0, 0.1) is 11.3 Å². The summed E-state index contributed by atoms with van der Waals surface area (Å²) in [7, 11) is 1.94. The second-order valence-electron chi connectivity index (χ2n) is 8.70. The van der Waals surface area contributed by atoms with E-state index in [1.165, 1.54) is 31.2 Å². The van der Waals surface area contributed by atoms with Crippen molar-refractivity contribution in [1.82, 2.24) is 10.2 Å². The number of nitrogens with zero attached hydrogens (tertiary/aromatic N) is 2. The van der Waals surface area contributed by atoms with Crippen molar-refractivity contribution >= 4 is 36.0 Å². The molecule has 0 bridgehead atoms. The van der Waals surface area contributed by atoms with E-state index < -0.39 is 0 Å². The van der Waals surface area contributed by atoms with E-state index in [0.29, 0.717) is 23.5 Å². The third kappa shape index (κ3) is 3.38. The molecular weight excluding hydrogens is 461 g/mol. The Labute approximate surface area is 185 Å². The van der Waals surface area contributed by atoms with Crippen molar-refractivity contribution in [2.45, 2.75) is 50.7 Å². The van der Waals surface area contributed by atoms with Gasteiger partial charge >= 0.3 is 0 Å². The number of fused-ring (bicyclic) bond motifs is 2. The molecule has 4 nitrogen and oxygen atoms in total. The Morgan fingerprint density at radius 3 is 2.61 bits per heavy atom. The van der Waals surface area contributed by atoms with Crippen LogP contribution in [0.4, 0.5) is 0 Å². The number of nitrogens with one attached hydrogen (secondary N) is 1. The maximum atomic E-state index is 6.07. The van der Waals surface area contributed by atoms with Crippen LogP contribution in [0.15, 0.2) is 40.9 Å². The van der Waals surface area contributed by atoms with Crippen molar-refractivity contribution in [3.05, 3.63) is 41.5 Å². The van der Waals surface area contributed by atoms with Crippen LogP contribution >= 0.6 is 24.0 Å². The van der Waals surface area contributed by atoms with Crippen LogP contribution in [0.25, 0.3) is 6.08 Å². The number of rotatable bonds is 2. The summed E-state index contributed by atoms with van der Waals surface area (Å²) in [5.74, 6) is 1.80. The lowest BCUT2D eigenvalue weighted by Gasteiger charge is -2.63. The maximum Gasteiger partial charge on any atom is 0.193 e. The first-order valence-electron chi connectivity index (χ1n) is 10.6. The molecule has 3 atom stereocenters. The molecule has 1 aromatic carbocycles. The second kappa shape index (κ2) is 8.34. The van der Waals surface area contributed by atoms with E-state index >= 15 is 0 Å². The number of halogens is 1. The highest BCUT2D eigenvalue weighted by molar-refractivity contribution is 14.0. The number of ether oxygens (including phenoxy) is 1. The summed E-state index contributed by atoms with van der Waals surface area (Å²) in [5, 5.41) is 3.88. The molecule has 0 amide bonds. The fourth-order valence-corrected chi connectivity index (χ4v) is 5.83. The predicted molar refractivity (Wildman–Crippen MR) is 125 cm³/mol. The minimum Gasteiger partial charge on any atom is -0.377 e. The average molecular weight is 493 g/mol. The van der Waals surface area contributed by atoms with Gasteiger partial charge in [0.2, 0.25) is 0 Å². The van der Waals surface area contributed by atoms with E-state index in [1.807, 2.05) is 7.05 Å². The van der Waals surface area contributed by atoms with Gasteiger partial charge in [0.15, 0.2) is 5.96 Å². The molecule has 0 aromatic heterocycles. The van der Waals surface area contributed by atoms with Gasteiger partial charge < -0.3 is 15.0 Å². The monoisotopic (exact) mass is 493 g/mol. The smallest absolute Gasteiger partial charge is 0.193 e. The molecule has 4 aliphatic rings. The summed E-state index contributed by atoms with van der Waals surface area (Å²) in [6.45, 7) is 3.07. The molecule has 1 spiro atoms. The minimum atomic E-state index is 0. The van der Waals surface area contributed by atoms with Gasteiger partial charge in [-0.05, 0) is 37.7 Å². The van der Waals surface area contributed by atoms with Crippen molar-refractivity contribution in [2.75, 3.05) is 26.7 Å². The molecule has 2 aliphatic heterocycles. The van der Waals surface area contributed by atoms with E-state index in [1.54, 1.807) is 5.57 Å². The third-order valence-electron chi connectivity index (χ3n) is 7.41. The Morgan fingerprint density at radius 1 is 1.21 bits per heavy atom. The fourth-order valence-electron chi connectivity index (χ4n) is 5.83. The predicted octanol–water partition coefficient (Wildman–Crippen LogP) is 4.32. The van der Waals surface area contributed by atoms with Gasteiger partial charge in [0.1, 0.15) is 0 Å². The highest BCUT2D eigenvalue weighted by atomic mass is 127.